The molecule has 2 saturated heterocycles. The van der Waals surface area contributed by atoms with E-state index in [1.807, 2.05) is 0 Å². The van der Waals surface area contributed by atoms with Crippen LogP contribution >= 0.6 is 0 Å². The average molecular weight is 251 g/mol. The summed E-state index contributed by atoms with van der Waals surface area (Å²) < 4.78 is 5.35. The second-order valence-corrected chi connectivity index (χ2v) is 6.24. The van der Waals surface area contributed by atoms with Gasteiger partial charge in [0, 0.05) is 25.2 Å². The summed E-state index contributed by atoms with van der Waals surface area (Å²) in [6.07, 6.45) is 9.58. The van der Waals surface area contributed by atoms with Crippen molar-refractivity contribution < 1.29 is 9.53 Å². The van der Waals surface area contributed by atoms with Crippen LogP contribution in [-0.4, -0.2) is 31.1 Å². The molecule has 3 fully saturated rings. The van der Waals surface area contributed by atoms with Crippen LogP contribution in [0.15, 0.2) is 0 Å². The largest absolute Gasteiger partial charge is 0.381 e. The number of carbonyl (C=O) groups is 1. The third-order valence-corrected chi connectivity index (χ3v) is 5.12. The van der Waals surface area contributed by atoms with Crippen LogP contribution in [0.25, 0.3) is 0 Å². The first kappa shape index (κ1) is 12.6. The van der Waals surface area contributed by atoms with E-state index in [1.54, 1.807) is 0 Å². The Kier molecular flexibility index (Phi) is 4.00. The zero-order chi connectivity index (χ0) is 12.4. The number of piperidine rings is 1. The van der Waals surface area contributed by atoms with Crippen LogP contribution in [0.2, 0.25) is 0 Å². The number of ketones is 1. The minimum Gasteiger partial charge on any atom is -0.381 e. The number of rotatable bonds is 2. The fraction of sp³-hybridized carbons (Fsp3) is 0.933. The van der Waals surface area contributed by atoms with Gasteiger partial charge < -0.3 is 10.1 Å². The van der Waals surface area contributed by atoms with Crippen molar-refractivity contribution in [3.8, 4) is 0 Å². The highest BCUT2D eigenvalue weighted by Crippen LogP contribution is 2.33. The Bertz CT molecular complexity index is 299. The lowest BCUT2D eigenvalue weighted by Gasteiger charge is -2.41. The van der Waals surface area contributed by atoms with Crippen molar-refractivity contribution in [1.29, 1.82) is 0 Å². The molecule has 1 saturated carbocycles. The Morgan fingerprint density at radius 3 is 2.56 bits per heavy atom. The van der Waals surface area contributed by atoms with Gasteiger partial charge in [-0.15, -0.1) is 0 Å². The Morgan fingerprint density at radius 1 is 0.944 bits per heavy atom. The van der Waals surface area contributed by atoms with Gasteiger partial charge in [0.1, 0.15) is 0 Å². The highest BCUT2D eigenvalue weighted by molar-refractivity contribution is 5.86. The predicted molar refractivity (Wildman–Crippen MR) is 70.5 cm³/mol. The first-order chi connectivity index (χ1) is 8.84. The average Bonchev–Trinajstić information content (AvgIpc) is 2.47. The van der Waals surface area contributed by atoms with Crippen LogP contribution in [0.4, 0.5) is 0 Å². The quantitative estimate of drug-likeness (QED) is 0.818. The van der Waals surface area contributed by atoms with Crippen molar-refractivity contribution in [2.75, 3.05) is 13.2 Å². The molecule has 18 heavy (non-hydrogen) atoms. The lowest BCUT2D eigenvalue weighted by molar-refractivity contribution is -0.129. The molecule has 102 valence electrons. The van der Waals surface area contributed by atoms with Crippen molar-refractivity contribution in [2.24, 2.45) is 11.8 Å². The van der Waals surface area contributed by atoms with Gasteiger partial charge in [-0.05, 0) is 44.4 Å². The standard InChI is InChI=1S/C15H25NO2/c17-15(12-7-9-18-10-8-12)14-6-5-11-3-1-2-4-13(11)16-14/h11-14,16H,1-10H2. The molecule has 0 spiro atoms. The van der Waals surface area contributed by atoms with Gasteiger partial charge in [0.2, 0.25) is 0 Å². The predicted octanol–water partition coefficient (Wildman–Crippen LogP) is 2.29. The summed E-state index contributed by atoms with van der Waals surface area (Å²) in [5.74, 6) is 1.58. The van der Waals surface area contributed by atoms with E-state index in [0.717, 1.165) is 38.4 Å². The van der Waals surface area contributed by atoms with E-state index >= 15 is 0 Å². The van der Waals surface area contributed by atoms with Gasteiger partial charge >= 0.3 is 0 Å². The van der Waals surface area contributed by atoms with E-state index in [0.29, 0.717) is 11.8 Å². The second kappa shape index (κ2) is 5.70. The molecular weight excluding hydrogens is 226 g/mol. The number of nitrogens with one attached hydrogen (secondary N) is 1. The third kappa shape index (κ3) is 2.62. The molecule has 2 heterocycles. The molecule has 3 atom stereocenters. The van der Waals surface area contributed by atoms with E-state index in [-0.39, 0.29) is 12.0 Å². The molecule has 0 radical (unpaired) electrons. The van der Waals surface area contributed by atoms with Gasteiger partial charge in [-0.3, -0.25) is 4.79 Å². The second-order valence-electron chi connectivity index (χ2n) is 6.24. The maximum atomic E-state index is 12.5. The molecule has 2 aliphatic heterocycles. The summed E-state index contributed by atoms with van der Waals surface area (Å²) in [5, 5.41) is 3.66. The minimum absolute atomic E-state index is 0.146. The van der Waals surface area contributed by atoms with Gasteiger partial charge in [0.05, 0.1) is 6.04 Å². The smallest absolute Gasteiger partial charge is 0.152 e. The van der Waals surface area contributed by atoms with Gasteiger partial charge in [0.25, 0.3) is 0 Å². The van der Waals surface area contributed by atoms with Crippen LogP contribution in [0.1, 0.15) is 51.4 Å². The zero-order valence-electron chi connectivity index (χ0n) is 11.2. The monoisotopic (exact) mass is 251 g/mol. The fourth-order valence-electron chi connectivity index (χ4n) is 3.99. The molecule has 3 rings (SSSR count). The molecule has 1 aliphatic carbocycles. The molecular formula is C15H25NO2. The molecule has 0 bridgehead atoms. The maximum absolute atomic E-state index is 12.5. The molecule has 3 nitrogen and oxygen atoms in total. The van der Waals surface area contributed by atoms with E-state index in [4.69, 9.17) is 4.74 Å². The van der Waals surface area contributed by atoms with Crippen LogP contribution in [-0.2, 0) is 9.53 Å². The summed E-state index contributed by atoms with van der Waals surface area (Å²) >= 11 is 0. The SMILES string of the molecule is O=C(C1CCOCC1)C1CCC2CCCCC2N1. The Morgan fingerprint density at radius 2 is 1.72 bits per heavy atom. The fourth-order valence-corrected chi connectivity index (χ4v) is 3.99. The number of hydrogen-bond acceptors (Lipinski definition) is 3. The molecule has 3 heteroatoms. The summed E-state index contributed by atoms with van der Waals surface area (Å²) in [6.45, 7) is 1.55. The lowest BCUT2D eigenvalue weighted by atomic mass is 9.76. The normalized spacial score (nSPS) is 38.1. The number of fused-ring (bicyclic) bond motifs is 1. The zero-order valence-corrected chi connectivity index (χ0v) is 11.2. The molecule has 0 aromatic carbocycles. The van der Waals surface area contributed by atoms with Crippen molar-refractivity contribution in [3.63, 3.8) is 0 Å². The Balaban J connectivity index is 1.57. The van der Waals surface area contributed by atoms with Gasteiger partial charge in [-0.1, -0.05) is 12.8 Å². The lowest BCUT2D eigenvalue weighted by Crippen LogP contribution is -2.53. The number of ether oxygens (including phenoxy) is 1. The molecule has 0 amide bonds. The highest BCUT2D eigenvalue weighted by Gasteiger charge is 2.36. The summed E-state index contributed by atoms with van der Waals surface area (Å²) in [7, 11) is 0. The molecule has 0 aromatic rings. The first-order valence-electron chi connectivity index (χ1n) is 7.72. The van der Waals surface area contributed by atoms with Crippen LogP contribution < -0.4 is 5.32 Å². The molecule has 1 N–H and O–H groups in total. The summed E-state index contributed by atoms with van der Waals surface area (Å²) in [6, 6.07) is 0.772. The van der Waals surface area contributed by atoms with E-state index < -0.39 is 0 Å². The van der Waals surface area contributed by atoms with Gasteiger partial charge in [-0.25, -0.2) is 0 Å². The van der Waals surface area contributed by atoms with Crippen LogP contribution in [0.5, 0.6) is 0 Å². The van der Waals surface area contributed by atoms with Crippen molar-refractivity contribution in [3.05, 3.63) is 0 Å². The number of carbonyl (C=O) groups excluding carboxylic acids is 1. The van der Waals surface area contributed by atoms with Crippen molar-refractivity contribution in [2.45, 2.75) is 63.5 Å². The molecule has 0 aromatic heterocycles. The first-order valence-corrected chi connectivity index (χ1v) is 7.72. The third-order valence-electron chi connectivity index (χ3n) is 5.12. The van der Waals surface area contributed by atoms with Crippen LogP contribution in [0.3, 0.4) is 0 Å². The summed E-state index contributed by atoms with van der Waals surface area (Å²) in [5.41, 5.74) is 0. The van der Waals surface area contributed by atoms with Gasteiger partial charge in [0.15, 0.2) is 5.78 Å². The van der Waals surface area contributed by atoms with E-state index in [2.05, 4.69) is 5.32 Å². The topological polar surface area (TPSA) is 38.3 Å². The van der Waals surface area contributed by atoms with Crippen molar-refractivity contribution >= 4 is 5.78 Å². The number of hydrogen-bond donors (Lipinski definition) is 1. The van der Waals surface area contributed by atoms with E-state index in [9.17, 15) is 4.79 Å². The van der Waals surface area contributed by atoms with E-state index in [1.165, 1.54) is 32.1 Å². The van der Waals surface area contributed by atoms with Gasteiger partial charge in [-0.2, -0.15) is 0 Å². The minimum atomic E-state index is 0.146. The van der Waals surface area contributed by atoms with Crippen LogP contribution in [0, 0.1) is 11.8 Å². The molecule has 3 unspecified atom stereocenters. The molecule has 3 aliphatic rings. The maximum Gasteiger partial charge on any atom is 0.152 e. The Hall–Kier alpha value is -0.410. The highest BCUT2D eigenvalue weighted by atomic mass is 16.5. The Labute approximate surface area is 110 Å². The van der Waals surface area contributed by atoms with Crippen molar-refractivity contribution in [1.82, 2.24) is 5.32 Å². The summed E-state index contributed by atoms with van der Waals surface area (Å²) in [4.78, 5) is 12.5. The number of Topliss-reactive ketones (excluding diaryl/α,β-unsaturated/α-hetero) is 1.